The maximum absolute atomic E-state index is 13.2. The SMILES string of the molecule is CC(C)[C@@H]1Nc2nc(nc3ccccc23)CN2CCN(Cc3ccc(CO)o3)CC2CNC1=O. The maximum atomic E-state index is 13.2. The Kier molecular flexibility index (Phi) is 6.49. The normalized spacial score (nSPS) is 22.2. The molecule has 180 valence electrons. The second kappa shape index (κ2) is 9.69. The molecule has 1 amide bonds. The third-order valence-electron chi connectivity index (χ3n) is 6.69. The highest BCUT2D eigenvalue weighted by molar-refractivity contribution is 5.92. The van der Waals surface area contributed by atoms with Crippen LogP contribution in [0.5, 0.6) is 0 Å². The van der Waals surface area contributed by atoms with E-state index in [2.05, 4.69) is 20.4 Å². The second-order valence-electron chi connectivity index (χ2n) is 9.50. The topological polar surface area (TPSA) is 107 Å². The molecule has 2 aliphatic rings. The monoisotopic (exact) mass is 464 g/mol. The number of rotatable bonds is 4. The standard InChI is InChI=1S/C25H32N6O3/c1-16(2)23-25(33)26-11-17-12-30(13-18-7-8-19(15-32)34-18)9-10-31(17)14-22-27-21-6-4-3-5-20(21)24(28-22)29-23/h3-8,16-17,23,32H,9-15H2,1-2H3,(H,26,33)(H,27,28,29)/t17?,23-/m0/s1. The van der Waals surface area contributed by atoms with Crippen molar-refractivity contribution < 1.29 is 14.3 Å². The fraction of sp³-hybridized carbons (Fsp3) is 0.480. The van der Waals surface area contributed by atoms with E-state index in [-0.39, 0.29) is 24.5 Å². The average Bonchev–Trinajstić information content (AvgIpc) is 3.28. The van der Waals surface area contributed by atoms with E-state index < -0.39 is 6.04 Å². The van der Waals surface area contributed by atoms with Crippen molar-refractivity contribution in [1.29, 1.82) is 0 Å². The Balaban J connectivity index is 1.43. The van der Waals surface area contributed by atoms with Gasteiger partial charge in [-0.3, -0.25) is 14.6 Å². The number of hydrogen-bond acceptors (Lipinski definition) is 8. The number of nitrogens with zero attached hydrogens (tertiary/aromatic N) is 4. The van der Waals surface area contributed by atoms with Crippen LogP contribution < -0.4 is 10.6 Å². The van der Waals surface area contributed by atoms with E-state index in [1.807, 2.05) is 50.2 Å². The van der Waals surface area contributed by atoms with E-state index in [0.29, 0.717) is 31.2 Å². The van der Waals surface area contributed by atoms with Crippen LogP contribution in [0.1, 0.15) is 31.2 Å². The summed E-state index contributed by atoms with van der Waals surface area (Å²) in [6, 6.07) is 11.4. The van der Waals surface area contributed by atoms with Crippen LogP contribution in [-0.2, 0) is 24.5 Å². The summed E-state index contributed by atoms with van der Waals surface area (Å²) in [7, 11) is 0. The molecule has 9 nitrogen and oxygen atoms in total. The van der Waals surface area contributed by atoms with Gasteiger partial charge in [0, 0.05) is 37.6 Å². The number of fused-ring (bicyclic) bond motifs is 5. The lowest BCUT2D eigenvalue weighted by Gasteiger charge is -2.41. The number of aliphatic hydroxyl groups is 1. The number of amides is 1. The Hall–Kier alpha value is -3.01. The molecule has 2 aliphatic heterocycles. The first-order valence-corrected chi connectivity index (χ1v) is 11.9. The predicted octanol–water partition coefficient (Wildman–Crippen LogP) is 1.97. The zero-order valence-electron chi connectivity index (χ0n) is 19.7. The number of anilines is 1. The van der Waals surface area contributed by atoms with Crippen molar-refractivity contribution in [2.45, 2.75) is 45.6 Å². The highest BCUT2D eigenvalue weighted by atomic mass is 16.4. The first kappa shape index (κ1) is 22.8. The quantitative estimate of drug-likeness (QED) is 0.538. The fourth-order valence-electron chi connectivity index (χ4n) is 4.81. The Morgan fingerprint density at radius 2 is 1.97 bits per heavy atom. The van der Waals surface area contributed by atoms with Crippen molar-refractivity contribution in [3.8, 4) is 0 Å². The average molecular weight is 465 g/mol. The molecule has 1 fully saturated rings. The van der Waals surface area contributed by atoms with Crippen molar-refractivity contribution in [3.05, 3.63) is 53.7 Å². The minimum Gasteiger partial charge on any atom is -0.462 e. The lowest BCUT2D eigenvalue weighted by molar-refractivity contribution is -0.123. The van der Waals surface area contributed by atoms with Crippen LogP contribution in [0.25, 0.3) is 10.9 Å². The van der Waals surface area contributed by atoms with Crippen LogP contribution >= 0.6 is 0 Å². The summed E-state index contributed by atoms with van der Waals surface area (Å²) in [6.45, 7) is 8.32. The minimum absolute atomic E-state index is 0.0168. The Labute approximate surface area is 199 Å². The van der Waals surface area contributed by atoms with Crippen LogP contribution in [-0.4, -0.2) is 69.0 Å². The third kappa shape index (κ3) is 4.77. The summed E-state index contributed by atoms with van der Waals surface area (Å²) in [5.41, 5.74) is 0.879. The largest absolute Gasteiger partial charge is 0.462 e. The summed E-state index contributed by atoms with van der Waals surface area (Å²) >= 11 is 0. The van der Waals surface area contributed by atoms with E-state index in [1.54, 1.807) is 0 Å². The van der Waals surface area contributed by atoms with Crippen LogP contribution in [0.4, 0.5) is 5.82 Å². The fourth-order valence-corrected chi connectivity index (χ4v) is 4.81. The van der Waals surface area contributed by atoms with Gasteiger partial charge in [0.05, 0.1) is 18.6 Å². The van der Waals surface area contributed by atoms with E-state index in [0.717, 1.165) is 42.1 Å². The number of hydrogen-bond donors (Lipinski definition) is 3. The Morgan fingerprint density at radius 1 is 1.15 bits per heavy atom. The van der Waals surface area contributed by atoms with Gasteiger partial charge >= 0.3 is 0 Å². The zero-order valence-corrected chi connectivity index (χ0v) is 19.7. The first-order chi connectivity index (χ1) is 16.5. The van der Waals surface area contributed by atoms with Crippen molar-refractivity contribution in [3.63, 3.8) is 0 Å². The number of benzene rings is 1. The van der Waals surface area contributed by atoms with Gasteiger partial charge in [-0.15, -0.1) is 0 Å². The molecule has 3 aromatic rings. The van der Waals surface area contributed by atoms with Gasteiger partial charge in [0.15, 0.2) is 0 Å². The number of furan rings is 1. The van der Waals surface area contributed by atoms with Gasteiger partial charge in [-0.2, -0.15) is 0 Å². The molecule has 1 aromatic carbocycles. The summed E-state index contributed by atoms with van der Waals surface area (Å²) in [5.74, 6) is 2.96. The number of para-hydroxylation sites is 1. The molecule has 5 rings (SSSR count). The molecule has 9 heteroatoms. The van der Waals surface area contributed by atoms with Crippen LogP contribution in [0.2, 0.25) is 0 Å². The van der Waals surface area contributed by atoms with Gasteiger partial charge in [0.2, 0.25) is 5.91 Å². The van der Waals surface area contributed by atoms with Crippen molar-refractivity contribution >= 4 is 22.6 Å². The molecule has 2 bridgehead atoms. The number of aromatic nitrogens is 2. The highest BCUT2D eigenvalue weighted by Gasteiger charge is 2.31. The molecule has 2 aromatic heterocycles. The lowest BCUT2D eigenvalue weighted by Crippen LogP contribution is -2.57. The van der Waals surface area contributed by atoms with E-state index >= 15 is 0 Å². The molecular formula is C25H32N6O3. The van der Waals surface area contributed by atoms with Crippen LogP contribution in [0, 0.1) is 5.92 Å². The minimum atomic E-state index is -0.391. The third-order valence-corrected chi connectivity index (χ3v) is 6.69. The van der Waals surface area contributed by atoms with Gasteiger partial charge in [-0.1, -0.05) is 26.0 Å². The molecule has 0 radical (unpaired) electrons. The zero-order chi connectivity index (χ0) is 23.7. The molecule has 34 heavy (non-hydrogen) atoms. The van der Waals surface area contributed by atoms with E-state index in [9.17, 15) is 9.90 Å². The van der Waals surface area contributed by atoms with Crippen molar-refractivity contribution in [1.82, 2.24) is 25.1 Å². The molecule has 3 N–H and O–H groups in total. The van der Waals surface area contributed by atoms with E-state index in [1.165, 1.54) is 0 Å². The number of carbonyl (C=O) groups excluding carboxylic acids is 1. The molecular weight excluding hydrogens is 432 g/mol. The number of nitrogens with one attached hydrogen (secondary N) is 2. The van der Waals surface area contributed by atoms with Gasteiger partial charge in [0.25, 0.3) is 0 Å². The van der Waals surface area contributed by atoms with Crippen LogP contribution in [0.15, 0.2) is 40.8 Å². The molecule has 0 saturated carbocycles. The predicted molar refractivity (Wildman–Crippen MR) is 129 cm³/mol. The smallest absolute Gasteiger partial charge is 0.242 e. The first-order valence-electron chi connectivity index (χ1n) is 11.9. The molecule has 2 atom stereocenters. The second-order valence-corrected chi connectivity index (χ2v) is 9.50. The van der Waals surface area contributed by atoms with Crippen molar-refractivity contribution in [2.75, 3.05) is 31.5 Å². The number of piperazine rings is 1. The molecule has 4 heterocycles. The lowest BCUT2D eigenvalue weighted by atomic mass is 10.0. The molecule has 1 saturated heterocycles. The summed E-state index contributed by atoms with van der Waals surface area (Å²) in [5, 5.41) is 16.8. The summed E-state index contributed by atoms with van der Waals surface area (Å²) < 4.78 is 5.69. The van der Waals surface area contributed by atoms with E-state index in [4.69, 9.17) is 14.4 Å². The number of aliphatic hydroxyl groups excluding tert-OH is 1. The molecule has 1 unspecified atom stereocenters. The van der Waals surface area contributed by atoms with Gasteiger partial charge in [-0.25, -0.2) is 9.97 Å². The summed E-state index contributed by atoms with van der Waals surface area (Å²) in [6.07, 6.45) is 0. The summed E-state index contributed by atoms with van der Waals surface area (Å²) in [4.78, 5) is 27.6. The van der Waals surface area contributed by atoms with Gasteiger partial charge in [-0.05, 0) is 30.2 Å². The highest BCUT2D eigenvalue weighted by Crippen LogP contribution is 2.24. The van der Waals surface area contributed by atoms with Crippen molar-refractivity contribution in [2.24, 2.45) is 5.92 Å². The maximum Gasteiger partial charge on any atom is 0.242 e. The molecule has 0 aliphatic carbocycles. The Bertz CT molecular complexity index is 1160. The van der Waals surface area contributed by atoms with Gasteiger partial charge < -0.3 is 20.2 Å². The Morgan fingerprint density at radius 3 is 2.76 bits per heavy atom. The molecule has 0 spiro atoms. The van der Waals surface area contributed by atoms with Crippen LogP contribution in [0.3, 0.4) is 0 Å². The van der Waals surface area contributed by atoms with Gasteiger partial charge in [0.1, 0.15) is 35.8 Å². The number of carbonyl (C=O) groups is 1.